The first-order valence-electron chi connectivity index (χ1n) is 5.80. The van der Waals surface area contributed by atoms with Gasteiger partial charge in [0.15, 0.2) is 5.16 Å². The molecule has 0 bridgehead atoms. The fraction of sp³-hybridized carbons (Fsp3) is 0.636. The molecule has 0 aliphatic rings. The summed E-state index contributed by atoms with van der Waals surface area (Å²) in [5.74, 6) is 1.39. The van der Waals surface area contributed by atoms with Crippen LogP contribution in [0.25, 0.3) is 0 Å². The molecule has 0 aliphatic heterocycles. The van der Waals surface area contributed by atoms with Crippen LogP contribution in [0.15, 0.2) is 5.16 Å². The van der Waals surface area contributed by atoms with Crippen LogP contribution in [0, 0.1) is 11.3 Å². The van der Waals surface area contributed by atoms with Crippen molar-refractivity contribution in [3.63, 3.8) is 0 Å². The molecule has 0 aliphatic carbocycles. The largest absolute Gasteiger partial charge is 0.352 e. The fourth-order valence-corrected chi connectivity index (χ4v) is 1.66. The third kappa shape index (κ3) is 5.19. The maximum absolute atomic E-state index is 8.58. The van der Waals surface area contributed by atoms with Crippen LogP contribution in [-0.4, -0.2) is 32.8 Å². The van der Waals surface area contributed by atoms with E-state index in [1.807, 2.05) is 27.7 Å². The van der Waals surface area contributed by atoms with Crippen molar-refractivity contribution in [1.29, 1.82) is 5.26 Å². The van der Waals surface area contributed by atoms with Crippen molar-refractivity contribution in [3.05, 3.63) is 0 Å². The lowest BCUT2D eigenvalue weighted by atomic mass is 10.4. The minimum absolute atomic E-state index is 0.244. The highest BCUT2D eigenvalue weighted by molar-refractivity contribution is 7.99. The Morgan fingerprint density at radius 1 is 1.06 bits per heavy atom. The van der Waals surface area contributed by atoms with E-state index in [0.29, 0.717) is 22.8 Å². The Kier molecular flexibility index (Phi) is 5.65. The van der Waals surface area contributed by atoms with E-state index in [0.717, 1.165) is 0 Å². The number of nitrogens with zero attached hydrogens (tertiary/aromatic N) is 4. The summed E-state index contributed by atoms with van der Waals surface area (Å²) in [7, 11) is 0. The van der Waals surface area contributed by atoms with Gasteiger partial charge in [0.1, 0.15) is 0 Å². The van der Waals surface area contributed by atoms with E-state index < -0.39 is 0 Å². The van der Waals surface area contributed by atoms with Crippen LogP contribution in [0.5, 0.6) is 0 Å². The molecule has 1 rings (SSSR count). The van der Waals surface area contributed by atoms with Crippen molar-refractivity contribution in [2.24, 2.45) is 0 Å². The average molecular weight is 266 g/mol. The Labute approximate surface area is 112 Å². The molecule has 18 heavy (non-hydrogen) atoms. The van der Waals surface area contributed by atoms with Crippen LogP contribution in [0.2, 0.25) is 0 Å². The molecular formula is C11H18N6S. The first kappa shape index (κ1) is 14.5. The van der Waals surface area contributed by atoms with E-state index in [4.69, 9.17) is 5.26 Å². The Bertz CT molecular complexity index is 398. The van der Waals surface area contributed by atoms with Gasteiger partial charge in [0.05, 0.1) is 11.8 Å². The number of hydrogen-bond acceptors (Lipinski definition) is 7. The van der Waals surface area contributed by atoms with Crippen LogP contribution < -0.4 is 10.6 Å². The van der Waals surface area contributed by atoms with Gasteiger partial charge in [-0.25, -0.2) is 0 Å². The number of aromatic nitrogens is 3. The summed E-state index contributed by atoms with van der Waals surface area (Å²) in [6.45, 7) is 8.06. The third-order valence-corrected chi connectivity index (χ3v) is 2.43. The lowest BCUT2D eigenvalue weighted by Crippen LogP contribution is -2.17. The second-order valence-corrected chi connectivity index (χ2v) is 5.25. The predicted octanol–water partition coefficient (Wildman–Crippen LogP) is 2.13. The molecular weight excluding hydrogens is 248 g/mol. The predicted molar refractivity (Wildman–Crippen MR) is 73.7 cm³/mol. The molecule has 98 valence electrons. The van der Waals surface area contributed by atoms with Gasteiger partial charge in [-0.05, 0) is 27.7 Å². The van der Waals surface area contributed by atoms with Crippen molar-refractivity contribution in [3.8, 4) is 6.07 Å². The van der Waals surface area contributed by atoms with E-state index in [1.54, 1.807) is 0 Å². The van der Waals surface area contributed by atoms with Gasteiger partial charge in [-0.15, -0.1) is 0 Å². The van der Waals surface area contributed by atoms with E-state index in [1.165, 1.54) is 11.8 Å². The summed E-state index contributed by atoms with van der Waals surface area (Å²) in [6.07, 6.45) is 0. The fourth-order valence-electron chi connectivity index (χ4n) is 1.16. The van der Waals surface area contributed by atoms with Crippen LogP contribution in [-0.2, 0) is 0 Å². The molecule has 2 N–H and O–H groups in total. The van der Waals surface area contributed by atoms with Gasteiger partial charge in [0, 0.05) is 12.1 Å². The second-order valence-electron chi connectivity index (χ2n) is 4.31. The van der Waals surface area contributed by atoms with Gasteiger partial charge in [-0.2, -0.15) is 20.2 Å². The third-order valence-electron chi connectivity index (χ3n) is 1.72. The quantitative estimate of drug-likeness (QED) is 0.763. The highest BCUT2D eigenvalue weighted by Gasteiger charge is 2.08. The molecule has 0 aromatic carbocycles. The molecule has 0 atom stereocenters. The van der Waals surface area contributed by atoms with Crippen molar-refractivity contribution in [2.75, 3.05) is 16.4 Å². The molecule has 0 fully saturated rings. The minimum atomic E-state index is 0.244. The molecule has 0 saturated carbocycles. The molecule has 0 spiro atoms. The molecule has 0 saturated heterocycles. The van der Waals surface area contributed by atoms with Crippen LogP contribution in [0.4, 0.5) is 11.9 Å². The summed E-state index contributed by atoms with van der Waals surface area (Å²) in [5, 5.41) is 15.4. The van der Waals surface area contributed by atoms with Crippen molar-refractivity contribution >= 4 is 23.7 Å². The zero-order valence-electron chi connectivity index (χ0n) is 11.1. The van der Waals surface area contributed by atoms with Gasteiger partial charge in [-0.3, -0.25) is 0 Å². The molecule has 0 amide bonds. The molecule has 0 unspecified atom stereocenters. The van der Waals surface area contributed by atoms with E-state index in [9.17, 15) is 0 Å². The van der Waals surface area contributed by atoms with Gasteiger partial charge in [0.25, 0.3) is 0 Å². The smallest absolute Gasteiger partial charge is 0.228 e. The molecule has 6 nitrogen and oxygen atoms in total. The van der Waals surface area contributed by atoms with Crippen molar-refractivity contribution in [2.45, 2.75) is 44.9 Å². The first-order valence-corrected chi connectivity index (χ1v) is 6.78. The normalized spacial score (nSPS) is 10.5. The Balaban J connectivity index is 2.92. The lowest BCUT2D eigenvalue weighted by Gasteiger charge is -2.12. The maximum atomic E-state index is 8.58. The number of rotatable bonds is 6. The van der Waals surface area contributed by atoms with Gasteiger partial charge in [0.2, 0.25) is 11.9 Å². The number of nitrogens with one attached hydrogen (secondary N) is 2. The SMILES string of the molecule is CC(C)Nc1nc(NC(C)C)nc(SCC#N)n1. The standard InChI is InChI=1S/C11H18N6S/c1-7(2)13-9-15-10(14-8(3)4)17-11(16-9)18-6-5-12/h7-8H,6H2,1-4H3,(H2,13,14,15,16,17). The van der Waals surface area contributed by atoms with Crippen molar-refractivity contribution < 1.29 is 0 Å². The van der Waals surface area contributed by atoms with E-state index in [2.05, 4.69) is 31.7 Å². The van der Waals surface area contributed by atoms with Gasteiger partial charge >= 0.3 is 0 Å². The number of hydrogen-bond donors (Lipinski definition) is 2. The number of anilines is 2. The molecule has 1 aromatic rings. The monoisotopic (exact) mass is 266 g/mol. The number of nitriles is 1. The van der Waals surface area contributed by atoms with Crippen LogP contribution in [0.3, 0.4) is 0 Å². The number of thioether (sulfide) groups is 1. The highest BCUT2D eigenvalue weighted by Crippen LogP contribution is 2.16. The maximum Gasteiger partial charge on any atom is 0.228 e. The zero-order valence-corrected chi connectivity index (χ0v) is 11.9. The summed E-state index contributed by atoms with van der Waals surface area (Å²) >= 11 is 1.30. The zero-order chi connectivity index (χ0) is 13.5. The molecule has 1 aromatic heterocycles. The van der Waals surface area contributed by atoms with Gasteiger partial charge in [-0.1, -0.05) is 11.8 Å². The topological polar surface area (TPSA) is 86.5 Å². The summed E-state index contributed by atoms with van der Waals surface area (Å²) < 4.78 is 0. The minimum Gasteiger partial charge on any atom is -0.352 e. The Morgan fingerprint density at radius 2 is 1.56 bits per heavy atom. The molecule has 7 heteroatoms. The Hall–Kier alpha value is -1.55. The average Bonchev–Trinajstić information content (AvgIpc) is 2.24. The Morgan fingerprint density at radius 3 is 1.94 bits per heavy atom. The van der Waals surface area contributed by atoms with E-state index >= 15 is 0 Å². The highest BCUT2D eigenvalue weighted by atomic mass is 32.2. The van der Waals surface area contributed by atoms with Crippen LogP contribution in [0.1, 0.15) is 27.7 Å². The molecule has 0 radical (unpaired) electrons. The summed E-state index contributed by atoms with van der Waals surface area (Å²) in [4.78, 5) is 12.8. The van der Waals surface area contributed by atoms with E-state index in [-0.39, 0.29) is 12.1 Å². The van der Waals surface area contributed by atoms with Crippen molar-refractivity contribution in [1.82, 2.24) is 15.0 Å². The second kappa shape index (κ2) is 7.01. The van der Waals surface area contributed by atoms with Crippen LogP contribution >= 0.6 is 11.8 Å². The summed E-state index contributed by atoms with van der Waals surface area (Å²) in [6, 6.07) is 2.55. The van der Waals surface area contributed by atoms with Gasteiger partial charge < -0.3 is 10.6 Å². The molecule has 1 heterocycles. The lowest BCUT2D eigenvalue weighted by molar-refractivity contribution is 0.813. The summed E-state index contributed by atoms with van der Waals surface area (Å²) in [5.41, 5.74) is 0. The first-order chi connectivity index (χ1) is 8.51.